The van der Waals surface area contributed by atoms with E-state index in [9.17, 15) is 0 Å². The van der Waals surface area contributed by atoms with Gasteiger partial charge in [-0.3, -0.25) is 0 Å². The summed E-state index contributed by atoms with van der Waals surface area (Å²) in [6, 6.07) is 20.6. The Hall–Kier alpha value is -4.26. The quantitative estimate of drug-likeness (QED) is 0.290. The van der Waals surface area contributed by atoms with Gasteiger partial charge in [0.2, 0.25) is 5.95 Å². The first kappa shape index (κ1) is 24.4. The number of hydrogen-bond acceptors (Lipinski definition) is 6. The summed E-state index contributed by atoms with van der Waals surface area (Å²) in [7, 11) is 3.36. The lowest BCUT2D eigenvalue weighted by Gasteiger charge is -2.17. The highest BCUT2D eigenvalue weighted by atomic mass is 16.5. The Morgan fingerprint density at radius 2 is 1.38 bits per heavy atom. The molecule has 0 saturated carbocycles. The average Bonchev–Trinajstić information content (AvgIpc) is 3.22. The normalized spacial score (nSPS) is 11.5. The lowest BCUT2D eigenvalue weighted by molar-refractivity contribution is 0.414. The van der Waals surface area contributed by atoms with Gasteiger partial charge in [0.1, 0.15) is 17.0 Å². The van der Waals surface area contributed by atoms with E-state index in [0.29, 0.717) is 23.2 Å². The summed E-state index contributed by atoms with van der Waals surface area (Å²) in [6.07, 6.45) is 1.49. The molecule has 2 heterocycles. The van der Waals surface area contributed by atoms with Gasteiger partial charge in [0.15, 0.2) is 5.82 Å². The van der Waals surface area contributed by atoms with Crippen molar-refractivity contribution in [1.29, 1.82) is 0 Å². The van der Waals surface area contributed by atoms with Gasteiger partial charge >= 0.3 is 0 Å². The second-order valence-corrected chi connectivity index (χ2v) is 9.82. The fourth-order valence-corrected chi connectivity index (χ4v) is 4.95. The number of pyridine rings is 1. The molecule has 5 rings (SSSR count). The monoisotopic (exact) mass is 495 g/mol. The van der Waals surface area contributed by atoms with Crippen LogP contribution in [-0.4, -0.2) is 28.8 Å². The Morgan fingerprint density at radius 1 is 0.784 bits per heavy atom. The predicted octanol–water partition coefficient (Wildman–Crippen LogP) is 5.60. The highest BCUT2D eigenvalue weighted by Crippen LogP contribution is 2.36. The van der Waals surface area contributed by atoms with Gasteiger partial charge in [-0.15, -0.1) is 0 Å². The van der Waals surface area contributed by atoms with Gasteiger partial charge in [0.05, 0.1) is 25.3 Å². The molecule has 7 heteroatoms. The van der Waals surface area contributed by atoms with E-state index < -0.39 is 0 Å². The van der Waals surface area contributed by atoms with E-state index in [0.717, 1.165) is 47.3 Å². The topological polar surface area (TPSA) is 101 Å². The molecular formula is C30H33N5O2. The zero-order chi connectivity index (χ0) is 26.1. The largest absolute Gasteiger partial charge is 0.497 e. The summed E-state index contributed by atoms with van der Waals surface area (Å²) in [5.74, 6) is 2.92. The molecule has 2 aromatic heterocycles. The number of anilines is 2. The predicted molar refractivity (Wildman–Crippen MR) is 150 cm³/mol. The molecule has 4 N–H and O–H groups in total. The van der Waals surface area contributed by atoms with Gasteiger partial charge < -0.3 is 25.5 Å². The van der Waals surface area contributed by atoms with Crippen LogP contribution in [0.5, 0.6) is 11.5 Å². The number of fused-ring (bicyclic) bond motifs is 3. The number of hydrogen-bond donors (Lipinski definition) is 2. The molecule has 7 nitrogen and oxygen atoms in total. The van der Waals surface area contributed by atoms with Crippen molar-refractivity contribution in [1.82, 2.24) is 14.5 Å². The van der Waals surface area contributed by atoms with E-state index in [1.54, 1.807) is 14.2 Å². The lowest BCUT2D eigenvalue weighted by Crippen LogP contribution is -2.09. The third-order valence-electron chi connectivity index (χ3n) is 6.75. The number of nitrogens with zero attached hydrogens (tertiary/aromatic N) is 3. The van der Waals surface area contributed by atoms with E-state index in [4.69, 9.17) is 25.9 Å². The molecule has 0 amide bonds. The van der Waals surface area contributed by atoms with Crippen LogP contribution in [-0.2, 0) is 19.4 Å². The molecule has 3 aromatic carbocycles. The standard InChI is InChI=1S/C30H33N5O2/c1-18(2)17-35-28-26-24(16-20-7-12-23(37-4)13-8-20)21(15-19-5-10-22(36-3)11-6-19)9-14-25(26)33-29(31)27(28)34-30(35)32/h5-14,18H,15-17H2,1-4H3,(H2,31,33)(H2,32,34). The smallest absolute Gasteiger partial charge is 0.201 e. The Labute approximate surface area is 217 Å². The van der Waals surface area contributed by atoms with Crippen LogP contribution in [0.15, 0.2) is 60.7 Å². The average molecular weight is 496 g/mol. The van der Waals surface area contributed by atoms with Gasteiger partial charge in [-0.05, 0) is 71.3 Å². The van der Waals surface area contributed by atoms with Crippen LogP contribution >= 0.6 is 0 Å². The van der Waals surface area contributed by atoms with Crippen molar-refractivity contribution in [2.24, 2.45) is 5.92 Å². The summed E-state index contributed by atoms with van der Waals surface area (Å²) >= 11 is 0. The zero-order valence-electron chi connectivity index (χ0n) is 21.8. The van der Waals surface area contributed by atoms with Gasteiger partial charge in [-0.2, -0.15) is 0 Å². The first-order valence-electron chi connectivity index (χ1n) is 12.5. The van der Waals surface area contributed by atoms with Crippen LogP contribution < -0.4 is 20.9 Å². The van der Waals surface area contributed by atoms with Crippen molar-refractivity contribution in [3.8, 4) is 11.5 Å². The highest BCUT2D eigenvalue weighted by Gasteiger charge is 2.21. The maximum atomic E-state index is 6.43. The van der Waals surface area contributed by atoms with Crippen molar-refractivity contribution in [3.63, 3.8) is 0 Å². The summed E-state index contributed by atoms with van der Waals surface area (Å²) in [6.45, 7) is 5.09. The molecule has 37 heavy (non-hydrogen) atoms. The first-order chi connectivity index (χ1) is 17.9. The molecular weight excluding hydrogens is 462 g/mol. The number of ether oxygens (including phenoxy) is 2. The van der Waals surface area contributed by atoms with Crippen LogP contribution in [0.25, 0.3) is 21.9 Å². The van der Waals surface area contributed by atoms with Crippen LogP contribution in [0.4, 0.5) is 11.8 Å². The minimum absolute atomic E-state index is 0.386. The molecule has 0 fully saturated rings. The number of nitrogens with two attached hydrogens (primary N) is 2. The number of imidazole rings is 1. The molecule has 0 unspecified atom stereocenters. The number of methoxy groups -OCH3 is 2. The molecule has 0 atom stereocenters. The minimum Gasteiger partial charge on any atom is -0.497 e. The van der Waals surface area contributed by atoms with E-state index in [2.05, 4.69) is 59.8 Å². The van der Waals surface area contributed by atoms with Crippen molar-refractivity contribution < 1.29 is 9.47 Å². The minimum atomic E-state index is 0.386. The van der Waals surface area contributed by atoms with E-state index in [1.807, 2.05) is 24.3 Å². The van der Waals surface area contributed by atoms with E-state index in [1.165, 1.54) is 22.3 Å². The molecule has 0 radical (unpaired) electrons. The fourth-order valence-electron chi connectivity index (χ4n) is 4.95. The molecule has 0 spiro atoms. The van der Waals surface area contributed by atoms with Gasteiger partial charge in [0, 0.05) is 11.9 Å². The summed E-state index contributed by atoms with van der Waals surface area (Å²) in [4.78, 5) is 9.39. The Kier molecular flexibility index (Phi) is 6.61. The molecule has 0 saturated heterocycles. The first-order valence-corrected chi connectivity index (χ1v) is 12.5. The Morgan fingerprint density at radius 3 is 1.95 bits per heavy atom. The molecule has 0 bridgehead atoms. The van der Waals surface area contributed by atoms with Crippen molar-refractivity contribution in [2.75, 3.05) is 25.7 Å². The van der Waals surface area contributed by atoms with Gasteiger partial charge in [-0.25, -0.2) is 9.97 Å². The van der Waals surface area contributed by atoms with E-state index in [-0.39, 0.29) is 0 Å². The maximum Gasteiger partial charge on any atom is 0.201 e. The Balaban J connectivity index is 1.76. The second kappa shape index (κ2) is 10.0. The number of nitrogen functional groups attached to an aromatic ring is 2. The fraction of sp³-hybridized carbons (Fsp3) is 0.267. The third kappa shape index (κ3) is 4.77. The van der Waals surface area contributed by atoms with Crippen LogP contribution in [0, 0.1) is 5.92 Å². The van der Waals surface area contributed by atoms with Crippen LogP contribution in [0.1, 0.15) is 36.1 Å². The zero-order valence-corrected chi connectivity index (χ0v) is 21.8. The van der Waals surface area contributed by atoms with Gasteiger partial charge in [0.25, 0.3) is 0 Å². The molecule has 0 aliphatic heterocycles. The van der Waals surface area contributed by atoms with Crippen LogP contribution in [0.3, 0.4) is 0 Å². The van der Waals surface area contributed by atoms with Crippen molar-refractivity contribution in [3.05, 3.63) is 82.9 Å². The summed E-state index contributed by atoms with van der Waals surface area (Å²) in [5.41, 5.74) is 20.1. The molecule has 190 valence electrons. The third-order valence-corrected chi connectivity index (χ3v) is 6.75. The summed E-state index contributed by atoms with van der Waals surface area (Å²) in [5, 5.41) is 1.05. The highest BCUT2D eigenvalue weighted by molar-refractivity contribution is 6.09. The van der Waals surface area contributed by atoms with Crippen LogP contribution in [0.2, 0.25) is 0 Å². The molecule has 5 aromatic rings. The second-order valence-electron chi connectivity index (χ2n) is 9.82. The molecule has 0 aliphatic carbocycles. The Bertz CT molecular complexity index is 1550. The number of aromatic nitrogens is 3. The lowest BCUT2D eigenvalue weighted by atomic mass is 9.91. The number of rotatable bonds is 8. The molecule has 0 aliphatic rings. The summed E-state index contributed by atoms with van der Waals surface area (Å²) < 4.78 is 12.8. The van der Waals surface area contributed by atoms with Crippen molar-refractivity contribution >= 4 is 33.7 Å². The maximum absolute atomic E-state index is 6.43. The number of benzene rings is 3. The van der Waals surface area contributed by atoms with E-state index >= 15 is 0 Å². The van der Waals surface area contributed by atoms with Crippen molar-refractivity contribution in [2.45, 2.75) is 33.2 Å². The SMILES string of the molecule is COc1ccc(Cc2ccc3nc(N)c4nc(N)n(CC(C)C)c4c3c2Cc2ccc(OC)cc2)cc1. The van der Waals surface area contributed by atoms with Gasteiger partial charge in [-0.1, -0.05) is 44.2 Å².